The number of aryl methyl sites for hydroxylation is 2. The van der Waals surface area contributed by atoms with E-state index in [1.54, 1.807) is 29.2 Å². The molecule has 4 aromatic rings. The third-order valence-corrected chi connectivity index (χ3v) is 4.99. The Morgan fingerprint density at radius 2 is 2.04 bits per heavy atom. The standard InChI is InChI=1S/C20H19ClN6O/c1-12-7-17-18(8-13(12)2)26-19(25-17)5-6-23-20(28)15-4-3-14(9-16(15)21)27-11-22-10-24-27/h3-4,7-11H,5-6H2,1-2H3,(H,23,28)(H,25,26). The van der Waals surface area contributed by atoms with Gasteiger partial charge in [0.2, 0.25) is 0 Å². The normalized spacial score (nSPS) is 11.1. The van der Waals surface area contributed by atoms with Crippen LogP contribution in [-0.2, 0) is 6.42 Å². The minimum Gasteiger partial charge on any atom is -0.352 e. The number of imidazole rings is 1. The average Bonchev–Trinajstić information content (AvgIpc) is 3.32. The summed E-state index contributed by atoms with van der Waals surface area (Å²) in [5.74, 6) is 0.617. The molecule has 0 bridgehead atoms. The SMILES string of the molecule is Cc1cc2nc(CCNC(=O)c3ccc(-n4cncn4)cc3Cl)[nH]c2cc1C. The van der Waals surface area contributed by atoms with Crippen molar-refractivity contribution in [1.29, 1.82) is 0 Å². The minimum absolute atomic E-state index is 0.224. The highest BCUT2D eigenvalue weighted by Crippen LogP contribution is 2.20. The van der Waals surface area contributed by atoms with Crippen molar-refractivity contribution in [2.24, 2.45) is 0 Å². The number of amides is 1. The van der Waals surface area contributed by atoms with Gasteiger partial charge in [0.1, 0.15) is 18.5 Å². The third-order valence-electron chi connectivity index (χ3n) is 4.67. The molecular formula is C20H19ClN6O. The lowest BCUT2D eigenvalue weighted by Crippen LogP contribution is -2.26. The lowest BCUT2D eigenvalue weighted by atomic mass is 10.1. The molecular weight excluding hydrogens is 376 g/mol. The molecule has 0 radical (unpaired) electrons. The molecule has 0 saturated carbocycles. The second-order valence-corrected chi connectivity index (χ2v) is 7.05. The first-order valence-corrected chi connectivity index (χ1v) is 9.27. The molecule has 2 heterocycles. The van der Waals surface area contributed by atoms with E-state index in [2.05, 4.69) is 51.3 Å². The number of H-pyrrole nitrogens is 1. The van der Waals surface area contributed by atoms with E-state index >= 15 is 0 Å². The van der Waals surface area contributed by atoms with E-state index in [0.29, 0.717) is 23.6 Å². The van der Waals surface area contributed by atoms with Crippen LogP contribution in [0.4, 0.5) is 0 Å². The highest BCUT2D eigenvalue weighted by molar-refractivity contribution is 6.34. The van der Waals surface area contributed by atoms with Crippen LogP contribution in [-0.4, -0.2) is 37.2 Å². The number of carbonyl (C=O) groups excluding carboxylic acids is 1. The van der Waals surface area contributed by atoms with Crippen molar-refractivity contribution in [2.45, 2.75) is 20.3 Å². The van der Waals surface area contributed by atoms with Gasteiger partial charge in [-0.1, -0.05) is 11.6 Å². The molecule has 0 aliphatic heterocycles. The number of carbonyl (C=O) groups is 1. The molecule has 0 saturated heterocycles. The fourth-order valence-corrected chi connectivity index (χ4v) is 3.26. The molecule has 28 heavy (non-hydrogen) atoms. The highest BCUT2D eigenvalue weighted by Gasteiger charge is 2.12. The first-order valence-electron chi connectivity index (χ1n) is 8.90. The Morgan fingerprint density at radius 1 is 1.21 bits per heavy atom. The number of halogens is 1. The molecule has 4 rings (SSSR count). The van der Waals surface area contributed by atoms with Crippen LogP contribution in [0.25, 0.3) is 16.7 Å². The Bertz CT molecular complexity index is 1110. The predicted octanol–water partition coefficient (Wildman–Crippen LogP) is 3.39. The molecule has 7 nitrogen and oxygen atoms in total. The van der Waals surface area contributed by atoms with Gasteiger partial charge in [-0.05, 0) is 55.3 Å². The van der Waals surface area contributed by atoms with E-state index in [0.717, 1.165) is 22.5 Å². The fourth-order valence-electron chi connectivity index (χ4n) is 3.00. The highest BCUT2D eigenvalue weighted by atomic mass is 35.5. The van der Waals surface area contributed by atoms with Crippen molar-refractivity contribution in [3.05, 3.63) is 70.5 Å². The van der Waals surface area contributed by atoms with E-state index in [1.165, 1.54) is 17.5 Å². The minimum atomic E-state index is -0.224. The van der Waals surface area contributed by atoms with Gasteiger partial charge in [0.25, 0.3) is 5.91 Å². The molecule has 0 aliphatic carbocycles. The van der Waals surface area contributed by atoms with Crippen molar-refractivity contribution >= 4 is 28.5 Å². The second-order valence-electron chi connectivity index (χ2n) is 6.65. The molecule has 0 atom stereocenters. The van der Waals surface area contributed by atoms with Crippen LogP contribution in [0.1, 0.15) is 27.3 Å². The number of benzene rings is 2. The van der Waals surface area contributed by atoms with Crippen molar-refractivity contribution in [3.63, 3.8) is 0 Å². The van der Waals surface area contributed by atoms with Gasteiger partial charge in [0, 0.05) is 13.0 Å². The van der Waals surface area contributed by atoms with Crippen LogP contribution < -0.4 is 5.32 Å². The van der Waals surface area contributed by atoms with Gasteiger partial charge in [-0.15, -0.1) is 0 Å². The number of nitrogens with one attached hydrogen (secondary N) is 2. The zero-order chi connectivity index (χ0) is 19.7. The first kappa shape index (κ1) is 18.2. The summed E-state index contributed by atoms with van der Waals surface area (Å²) >= 11 is 6.28. The van der Waals surface area contributed by atoms with E-state index < -0.39 is 0 Å². The Hall–Kier alpha value is -3.19. The topological polar surface area (TPSA) is 88.5 Å². The number of fused-ring (bicyclic) bond motifs is 1. The summed E-state index contributed by atoms with van der Waals surface area (Å²) < 4.78 is 1.58. The van der Waals surface area contributed by atoms with Crippen molar-refractivity contribution in [2.75, 3.05) is 6.54 Å². The Balaban J connectivity index is 1.40. The molecule has 2 aromatic carbocycles. The van der Waals surface area contributed by atoms with Crippen molar-refractivity contribution in [3.8, 4) is 5.69 Å². The van der Waals surface area contributed by atoms with Crippen LogP contribution >= 0.6 is 11.6 Å². The molecule has 2 N–H and O–H groups in total. The summed E-state index contributed by atoms with van der Waals surface area (Å²) in [6.45, 7) is 4.60. The zero-order valence-electron chi connectivity index (χ0n) is 15.5. The molecule has 142 valence electrons. The second kappa shape index (κ2) is 7.44. The summed E-state index contributed by atoms with van der Waals surface area (Å²) in [6.07, 6.45) is 3.62. The van der Waals surface area contributed by atoms with Gasteiger partial charge >= 0.3 is 0 Å². The van der Waals surface area contributed by atoms with E-state index in [-0.39, 0.29) is 5.91 Å². The molecule has 0 unspecified atom stereocenters. The summed E-state index contributed by atoms with van der Waals surface area (Å²) in [6, 6.07) is 9.31. The van der Waals surface area contributed by atoms with Gasteiger partial charge in [-0.3, -0.25) is 4.79 Å². The molecule has 0 spiro atoms. The maximum atomic E-state index is 12.5. The number of hydrogen-bond donors (Lipinski definition) is 2. The van der Waals surface area contributed by atoms with Crippen LogP contribution in [0.15, 0.2) is 43.0 Å². The average molecular weight is 395 g/mol. The quantitative estimate of drug-likeness (QED) is 0.543. The first-order chi connectivity index (χ1) is 13.5. The smallest absolute Gasteiger partial charge is 0.252 e. The van der Waals surface area contributed by atoms with Gasteiger partial charge in [0.05, 0.1) is 27.3 Å². The maximum Gasteiger partial charge on any atom is 0.252 e. The Labute approximate surface area is 166 Å². The lowest BCUT2D eigenvalue weighted by molar-refractivity contribution is 0.0954. The molecule has 0 fully saturated rings. The fraction of sp³-hybridized carbons (Fsp3) is 0.200. The molecule has 1 amide bonds. The van der Waals surface area contributed by atoms with Crippen molar-refractivity contribution < 1.29 is 4.79 Å². The monoisotopic (exact) mass is 394 g/mol. The molecule has 0 aliphatic rings. The van der Waals surface area contributed by atoms with E-state index in [9.17, 15) is 4.79 Å². The summed E-state index contributed by atoms with van der Waals surface area (Å²) in [5, 5.41) is 7.30. The third kappa shape index (κ3) is 3.61. The molecule has 8 heteroatoms. The summed E-state index contributed by atoms with van der Waals surface area (Å²) in [5.41, 5.74) is 5.54. The van der Waals surface area contributed by atoms with Crippen molar-refractivity contribution in [1.82, 2.24) is 30.0 Å². The number of nitrogens with zero attached hydrogens (tertiary/aromatic N) is 4. The zero-order valence-corrected chi connectivity index (χ0v) is 16.3. The van der Waals surface area contributed by atoms with E-state index in [1.807, 2.05) is 0 Å². The van der Waals surface area contributed by atoms with Gasteiger partial charge in [-0.2, -0.15) is 5.10 Å². The summed E-state index contributed by atoms with van der Waals surface area (Å²) in [7, 11) is 0. The Morgan fingerprint density at radius 3 is 2.79 bits per heavy atom. The van der Waals surface area contributed by atoms with Crippen LogP contribution in [0, 0.1) is 13.8 Å². The van der Waals surface area contributed by atoms with Crippen LogP contribution in [0.3, 0.4) is 0 Å². The predicted molar refractivity (Wildman–Crippen MR) is 108 cm³/mol. The summed E-state index contributed by atoms with van der Waals surface area (Å²) in [4.78, 5) is 24.3. The van der Waals surface area contributed by atoms with Crippen LogP contribution in [0.5, 0.6) is 0 Å². The maximum absolute atomic E-state index is 12.5. The molecule has 2 aromatic heterocycles. The number of aromatic nitrogens is 5. The van der Waals surface area contributed by atoms with Crippen LogP contribution in [0.2, 0.25) is 5.02 Å². The van der Waals surface area contributed by atoms with Gasteiger partial charge in [0.15, 0.2) is 0 Å². The Kier molecular flexibility index (Phi) is 4.83. The lowest BCUT2D eigenvalue weighted by Gasteiger charge is -2.08. The van der Waals surface area contributed by atoms with Gasteiger partial charge in [-0.25, -0.2) is 14.6 Å². The number of aromatic amines is 1. The largest absolute Gasteiger partial charge is 0.352 e. The number of hydrogen-bond acceptors (Lipinski definition) is 4. The van der Waals surface area contributed by atoms with Gasteiger partial charge < -0.3 is 10.3 Å². The number of rotatable bonds is 5. The van der Waals surface area contributed by atoms with E-state index in [4.69, 9.17) is 11.6 Å².